The molecule has 3 N–H and O–H groups in total. The first-order valence-corrected chi connectivity index (χ1v) is 12.5. The van der Waals surface area contributed by atoms with Gasteiger partial charge in [-0.1, -0.05) is 11.6 Å². The van der Waals surface area contributed by atoms with Crippen LogP contribution in [0.2, 0.25) is 0 Å². The average Bonchev–Trinajstić information content (AvgIpc) is 3.24. The van der Waals surface area contributed by atoms with E-state index < -0.39 is 52.7 Å². The Bertz CT molecular complexity index is 1570. The second-order valence-electron chi connectivity index (χ2n) is 9.35. The number of hydrogen-bond donors (Lipinski definition) is 3. The number of anilines is 2. The second-order valence-corrected chi connectivity index (χ2v) is 9.92. The molecule has 1 atom stereocenters. The van der Waals surface area contributed by atoms with Gasteiger partial charge in [0.2, 0.25) is 0 Å². The number of terminal acetylenes is 1. The molecule has 13 heteroatoms. The Balaban J connectivity index is 1.95. The fourth-order valence-electron chi connectivity index (χ4n) is 4.67. The minimum Gasteiger partial charge on any atom is -0.384 e. The highest BCUT2D eigenvalue weighted by molar-refractivity contribution is 6.30. The SMILES string of the molecule is C#C/C(F)=C\C(=C(/C)Cl)C1NC(=O)c2c3c(cc(NC(=O)c4cc(F)cc(C(F)(F)F)c4)c21)C(=O)N(C)CCCN3. The molecule has 2 heterocycles. The summed E-state index contributed by atoms with van der Waals surface area (Å²) in [5.74, 6) is -2.88. The number of amides is 3. The third-order valence-electron chi connectivity index (χ3n) is 6.57. The lowest BCUT2D eigenvalue weighted by molar-refractivity contribution is -0.137. The Morgan fingerprint density at radius 3 is 2.59 bits per heavy atom. The first kappa shape index (κ1) is 29.6. The van der Waals surface area contributed by atoms with Crippen LogP contribution in [0.1, 0.15) is 61.6 Å². The van der Waals surface area contributed by atoms with Crippen LogP contribution in [0.25, 0.3) is 0 Å². The number of hydrogen-bond acceptors (Lipinski definition) is 4. The maximum absolute atomic E-state index is 14.2. The molecule has 0 aliphatic carbocycles. The first-order valence-electron chi connectivity index (χ1n) is 12.1. The van der Waals surface area contributed by atoms with Gasteiger partial charge >= 0.3 is 6.18 Å². The minimum absolute atomic E-state index is 0.00857. The van der Waals surface area contributed by atoms with Gasteiger partial charge in [-0.25, -0.2) is 4.39 Å². The Kier molecular flexibility index (Phi) is 8.12. The van der Waals surface area contributed by atoms with E-state index in [4.69, 9.17) is 18.0 Å². The molecule has 214 valence electrons. The van der Waals surface area contributed by atoms with E-state index >= 15 is 0 Å². The summed E-state index contributed by atoms with van der Waals surface area (Å²) in [7, 11) is 1.54. The summed E-state index contributed by atoms with van der Waals surface area (Å²) >= 11 is 6.24. The van der Waals surface area contributed by atoms with Crippen LogP contribution in [0.3, 0.4) is 0 Å². The zero-order chi connectivity index (χ0) is 30.2. The molecule has 0 spiro atoms. The maximum atomic E-state index is 14.2. The fourth-order valence-corrected chi connectivity index (χ4v) is 4.84. The summed E-state index contributed by atoms with van der Waals surface area (Å²) < 4.78 is 68.1. The largest absolute Gasteiger partial charge is 0.416 e. The molecule has 2 aromatic rings. The van der Waals surface area contributed by atoms with Crippen molar-refractivity contribution in [3.8, 4) is 12.3 Å². The van der Waals surface area contributed by atoms with Gasteiger partial charge in [-0.15, -0.1) is 6.42 Å². The van der Waals surface area contributed by atoms with Crippen molar-refractivity contribution in [2.24, 2.45) is 0 Å². The number of rotatable bonds is 4. The van der Waals surface area contributed by atoms with Crippen LogP contribution < -0.4 is 16.0 Å². The lowest BCUT2D eigenvalue weighted by Crippen LogP contribution is -2.32. The van der Waals surface area contributed by atoms with E-state index in [1.165, 1.54) is 17.9 Å². The van der Waals surface area contributed by atoms with E-state index in [9.17, 15) is 36.3 Å². The van der Waals surface area contributed by atoms with Crippen LogP contribution in [0, 0.1) is 18.2 Å². The lowest BCUT2D eigenvalue weighted by atomic mass is 9.91. The molecule has 0 saturated heterocycles. The van der Waals surface area contributed by atoms with Crippen LogP contribution in [-0.2, 0) is 6.18 Å². The highest BCUT2D eigenvalue weighted by Gasteiger charge is 2.39. The topological polar surface area (TPSA) is 90.5 Å². The Morgan fingerprint density at radius 2 is 1.95 bits per heavy atom. The zero-order valence-electron chi connectivity index (χ0n) is 21.6. The Hall–Kier alpha value is -4.37. The van der Waals surface area contributed by atoms with Crippen LogP contribution in [-0.4, -0.2) is 42.8 Å². The maximum Gasteiger partial charge on any atom is 0.416 e. The van der Waals surface area contributed by atoms with Crippen LogP contribution >= 0.6 is 11.6 Å². The van der Waals surface area contributed by atoms with Crippen molar-refractivity contribution < 1.29 is 36.3 Å². The third-order valence-corrected chi connectivity index (χ3v) is 6.79. The Morgan fingerprint density at radius 1 is 1.24 bits per heavy atom. The standard InChI is InChI=1S/C28H22ClF5N4O3/c1-4-16(30)11-18(13(2)29)24-21-20(36-25(39)14-8-15(28(32,33)34)10-17(31)9-14)12-19-23(22(21)26(40)37-24)35-6-5-7-38(3)27(19)41/h1,8-12,24,35H,5-7H2,2-3H3,(H,36,39)(H,37,40)/b16-11+,18-13-. The number of nitrogens with one attached hydrogen (secondary N) is 3. The molecular weight excluding hydrogens is 571 g/mol. The van der Waals surface area contributed by atoms with Crippen molar-refractivity contribution >= 4 is 40.7 Å². The van der Waals surface area contributed by atoms with Gasteiger partial charge in [0.05, 0.1) is 28.4 Å². The highest BCUT2D eigenvalue weighted by Crippen LogP contribution is 2.44. The summed E-state index contributed by atoms with van der Waals surface area (Å²) in [4.78, 5) is 41.2. The summed E-state index contributed by atoms with van der Waals surface area (Å²) in [5, 5.41) is 8.16. The number of alkyl halides is 3. The van der Waals surface area contributed by atoms with Crippen molar-refractivity contribution in [1.29, 1.82) is 0 Å². The molecular formula is C28H22ClF5N4O3. The molecule has 0 saturated carbocycles. The fraction of sp³-hybridized carbons (Fsp3) is 0.250. The molecule has 7 nitrogen and oxygen atoms in total. The van der Waals surface area contributed by atoms with E-state index in [-0.39, 0.29) is 44.7 Å². The van der Waals surface area contributed by atoms with Gasteiger partial charge < -0.3 is 20.9 Å². The summed E-state index contributed by atoms with van der Waals surface area (Å²) in [6, 6.07) is 1.38. The van der Waals surface area contributed by atoms with E-state index in [0.29, 0.717) is 31.6 Å². The molecule has 4 rings (SSSR count). The molecule has 0 radical (unpaired) electrons. The van der Waals surface area contributed by atoms with E-state index in [0.717, 1.165) is 6.08 Å². The quantitative estimate of drug-likeness (QED) is 0.239. The number of carbonyl (C=O) groups excluding carboxylic acids is 3. The minimum atomic E-state index is -4.93. The van der Waals surface area contributed by atoms with Crippen molar-refractivity contribution in [3.05, 3.63) is 80.4 Å². The number of carbonyl (C=O) groups is 3. The molecule has 2 aromatic carbocycles. The summed E-state index contributed by atoms with van der Waals surface area (Å²) in [5.41, 5.74) is -2.09. The van der Waals surface area contributed by atoms with Crippen molar-refractivity contribution in [1.82, 2.24) is 10.2 Å². The molecule has 3 amide bonds. The molecule has 1 unspecified atom stereocenters. The van der Waals surface area contributed by atoms with Crippen molar-refractivity contribution in [2.75, 3.05) is 30.8 Å². The van der Waals surface area contributed by atoms with Gasteiger partial charge in [0, 0.05) is 42.0 Å². The second kappa shape index (κ2) is 11.2. The number of allylic oxidation sites excluding steroid dienone is 2. The van der Waals surface area contributed by atoms with E-state index in [2.05, 4.69) is 16.0 Å². The molecule has 0 bridgehead atoms. The first-order chi connectivity index (χ1) is 19.2. The Labute approximate surface area is 236 Å². The lowest BCUT2D eigenvalue weighted by Gasteiger charge is -2.26. The zero-order valence-corrected chi connectivity index (χ0v) is 22.4. The number of benzene rings is 2. The molecule has 0 aromatic heterocycles. The van der Waals surface area contributed by atoms with Gasteiger partial charge in [0.15, 0.2) is 5.83 Å². The van der Waals surface area contributed by atoms with Gasteiger partial charge in [-0.05, 0) is 55.2 Å². The average molecular weight is 593 g/mol. The smallest absolute Gasteiger partial charge is 0.384 e. The van der Waals surface area contributed by atoms with Crippen molar-refractivity contribution in [2.45, 2.75) is 25.6 Å². The molecule has 0 fully saturated rings. The summed E-state index contributed by atoms with van der Waals surface area (Å²) in [6.45, 7) is 2.15. The van der Waals surface area contributed by atoms with Crippen LogP contribution in [0.5, 0.6) is 0 Å². The van der Waals surface area contributed by atoms with Crippen LogP contribution in [0.4, 0.5) is 33.3 Å². The van der Waals surface area contributed by atoms with Gasteiger partial charge in [-0.3, -0.25) is 14.4 Å². The molecule has 41 heavy (non-hydrogen) atoms. The number of halogens is 6. The molecule has 2 aliphatic rings. The van der Waals surface area contributed by atoms with Gasteiger partial charge in [-0.2, -0.15) is 17.6 Å². The van der Waals surface area contributed by atoms with E-state index in [1.54, 1.807) is 13.0 Å². The predicted molar refractivity (Wildman–Crippen MR) is 143 cm³/mol. The summed E-state index contributed by atoms with van der Waals surface area (Å²) in [6.07, 6.45) is 1.67. The van der Waals surface area contributed by atoms with Gasteiger partial charge in [0.1, 0.15) is 5.82 Å². The number of fused-ring (bicyclic) bond motifs is 3. The van der Waals surface area contributed by atoms with E-state index in [1.807, 2.05) is 0 Å². The molecule has 2 aliphatic heterocycles. The third kappa shape index (κ3) is 5.90. The predicted octanol–water partition coefficient (Wildman–Crippen LogP) is 5.77. The van der Waals surface area contributed by atoms with Crippen molar-refractivity contribution in [3.63, 3.8) is 0 Å². The number of nitrogens with zero attached hydrogens (tertiary/aromatic N) is 1. The highest BCUT2D eigenvalue weighted by atomic mass is 35.5. The normalized spacial score (nSPS) is 17.8. The van der Waals surface area contributed by atoms with Crippen LogP contribution in [0.15, 0.2) is 46.8 Å². The van der Waals surface area contributed by atoms with Gasteiger partial charge in [0.25, 0.3) is 17.7 Å². The monoisotopic (exact) mass is 592 g/mol.